The number of ether oxygens (including phenoxy) is 2. The SMILES string of the molecule is CC(=O)OCC(C)Oc1ccc(-c2ccc(Br)cc2)cc1. The van der Waals surface area contributed by atoms with Crippen molar-refractivity contribution in [2.45, 2.75) is 20.0 Å². The van der Waals surface area contributed by atoms with Gasteiger partial charge in [-0.2, -0.15) is 0 Å². The number of rotatable bonds is 5. The molecule has 0 radical (unpaired) electrons. The summed E-state index contributed by atoms with van der Waals surface area (Å²) < 4.78 is 11.7. The molecule has 1 unspecified atom stereocenters. The molecule has 2 aromatic rings. The molecular weight excluding hydrogens is 332 g/mol. The summed E-state index contributed by atoms with van der Waals surface area (Å²) in [5.74, 6) is 0.464. The van der Waals surface area contributed by atoms with Gasteiger partial charge in [0.25, 0.3) is 0 Å². The van der Waals surface area contributed by atoms with Crippen LogP contribution in [-0.4, -0.2) is 18.7 Å². The van der Waals surface area contributed by atoms with Crippen LogP contribution in [0.4, 0.5) is 0 Å². The maximum Gasteiger partial charge on any atom is 0.302 e. The highest BCUT2D eigenvalue weighted by molar-refractivity contribution is 9.10. The Morgan fingerprint density at radius 3 is 2.10 bits per heavy atom. The molecule has 0 saturated heterocycles. The normalized spacial score (nSPS) is 11.8. The van der Waals surface area contributed by atoms with Crippen molar-refractivity contribution >= 4 is 21.9 Å². The Balaban J connectivity index is 1.98. The summed E-state index contributed by atoms with van der Waals surface area (Å²) in [7, 11) is 0. The van der Waals surface area contributed by atoms with Gasteiger partial charge in [-0.05, 0) is 42.3 Å². The zero-order valence-electron chi connectivity index (χ0n) is 12.0. The Hall–Kier alpha value is -1.81. The van der Waals surface area contributed by atoms with Crippen LogP contribution in [0.3, 0.4) is 0 Å². The van der Waals surface area contributed by atoms with Crippen LogP contribution < -0.4 is 4.74 Å². The van der Waals surface area contributed by atoms with Crippen molar-refractivity contribution in [3.8, 4) is 16.9 Å². The van der Waals surface area contributed by atoms with Gasteiger partial charge in [0.2, 0.25) is 0 Å². The Bertz CT molecular complexity index is 590. The van der Waals surface area contributed by atoms with E-state index in [0.29, 0.717) is 0 Å². The standard InChI is InChI=1S/C17H17BrO3/c1-12(11-20-13(2)19)21-17-9-5-15(6-10-17)14-3-7-16(18)8-4-14/h3-10,12H,11H2,1-2H3. The predicted octanol–water partition coefficient (Wildman–Crippen LogP) is 4.45. The van der Waals surface area contributed by atoms with Crippen molar-refractivity contribution in [1.82, 2.24) is 0 Å². The maximum atomic E-state index is 10.7. The van der Waals surface area contributed by atoms with Crippen molar-refractivity contribution in [3.05, 3.63) is 53.0 Å². The molecule has 0 aliphatic rings. The van der Waals surface area contributed by atoms with E-state index >= 15 is 0 Å². The largest absolute Gasteiger partial charge is 0.487 e. The van der Waals surface area contributed by atoms with Crippen LogP contribution in [-0.2, 0) is 9.53 Å². The van der Waals surface area contributed by atoms with E-state index in [1.165, 1.54) is 6.92 Å². The predicted molar refractivity (Wildman–Crippen MR) is 86.3 cm³/mol. The second-order valence-electron chi connectivity index (χ2n) is 4.76. The minimum atomic E-state index is -0.295. The second-order valence-corrected chi connectivity index (χ2v) is 5.68. The van der Waals surface area contributed by atoms with Crippen LogP contribution in [0.15, 0.2) is 53.0 Å². The molecule has 0 spiro atoms. The Labute approximate surface area is 133 Å². The molecule has 0 fully saturated rings. The second kappa shape index (κ2) is 7.27. The van der Waals surface area contributed by atoms with E-state index < -0.39 is 0 Å². The fourth-order valence-corrected chi connectivity index (χ4v) is 2.13. The molecule has 3 nitrogen and oxygen atoms in total. The molecule has 0 heterocycles. The summed E-state index contributed by atoms with van der Waals surface area (Å²) in [6.45, 7) is 3.51. The first kappa shape index (κ1) is 15.6. The summed E-state index contributed by atoms with van der Waals surface area (Å²) >= 11 is 3.43. The van der Waals surface area contributed by atoms with Gasteiger partial charge in [0.1, 0.15) is 18.5 Å². The smallest absolute Gasteiger partial charge is 0.302 e. The number of benzene rings is 2. The van der Waals surface area contributed by atoms with Gasteiger partial charge in [0.05, 0.1) is 0 Å². The van der Waals surface area contributed by atoms with Crippen molar-refractivity contribution in [1.29, 1.82) is 0 Å². The number of hydrogen-bond acceptors (Lipinski definition) is 3. The van der Waals surface area contributed by atoms with E-state index in [2.05, 4.69) is 28.1 Å². The lowest BCUT2D eigenvalue weighted by molar-refractivity contribution is -0.143. The summed E-state index contributed by atoms with van der Waals surface area (Å²) in [5.41, 5.74) is 2.28. The van der Waals surface area contributed by atoms with E-state index in [4.69, 9.17) is 9.47 Å². The van der Waals surface area contributed by atoms with Crippen LogP contribution in [0, 0.1) is 0 Å². The third-order valence-corrected chi connectivity index (χ3v) is 3.42. The molecule has 0 bridgehead atoms. The van der Waals surface area contributed by atoms with E-state index in [1.54, 1.807) is 0 Å². The minimum absolute atomic E-state index is 0.174. The molecule has 0 aromatic heterocycles. The van der Waals surface area contributed by atoms with Crippen LogP contribution in [0.25, 0.3) is 11.1 Å². The average Bonchev–Trinajstić information content (AvgIpc) is 2.47. The number of carbonyl (C=O) groups excluding carboxylic acids is 1. The average molecular weight is 349 g/mol. The van der Waals surface area contributed by atoms with Crippen molar-refractivity contribution in [2.24, 2.45) is 0 Å². The van der Waals surface area contributed by atoms with E-state index in [9.17, 15) is 4.79 Å². The van der Waals surface area contributed by atoms with Gasteiger partial charge in [0.15, 0.2) is 0 Å². The highest BCUT2D eigenvalue weighted by Gasteiger charge is 2.06. The van der Waals surface area contributed by atoms with Crippen LogP contribution in [0.2, 0.25) is 0 Å². The molecule has 21 heavy (non-hydrogen) atoms. The van der Waals surface area contributed by atoms with Crippen LogP contribution >= 0.6 is 15.9 Å². The summed E-state index contributed by atoms with van der Waals surface area (Å²) in [4.78, 5) is 10.7. The lowest BCUT2D eigenvalue weighted by Crippen LogP contribution is -2.20. The van der Waals surface area contributed by atoms with Gasteiger partial charge in [-0.1, -0.05) is 40.2 Å². The third kappa shape index (κ3) is 4.90. The lowest BCUT2D eigenvalue weighted by Gasteiger charge is -2.14. The molecular formula is C17H17BrO3. The third-order valence-electron chi connectivity index (χ3n) is 2.89. The van der Waals surface area contributed by atoms with Gasteiger partial charge >= 0.3 is 5.97 Å². The zero-order chi connectivity index (χ0) is 15.2. The van der Waals surface area contributed by atoms with E-state index in [0.717, 1.165) is 21.3 Å². The Morgan fingerprint density at radius 1 is 1.05 bits per heavy atom. The quantitative estimate of drug-likeness (QED) is 0.749. The fraction of sp³-hybridized carbons (Fsp3) is 0.235. The van der Waals surface area contributed by atoms with E-state index in [-0.39, 0.29) is 18.7 Å². The molecule has 2 aromatic carbocycles. The van der Waals surface area contributed by atoms with Gasteiger partial charge < -0.3 is 9.47 Å². The topological polar surface area (TPSA) is 35.5 Å². The first-order valence-corrected chi connectivity index (χ1v) is 7.50. The van der Waals surface area contributed by atoms with Crippen LogP contribution in [0.5, 0.6) is 5.75 Å². The van der Waals surface area contributed by atoms with Crippen molar-refractivity contribution in [2.75, 3.05) is 6.61 Å². The molecule has 0 saturated carbocycles. The number of carbonyl (C=O) groups is 1. The number of esters is 1. The fourth-order valence-electron chi connectivity index (χ4n) is 1.87. The molecule has 0 amide bonds. The first-order valence-electron chi connectivity index (χ1n) is 6.70. The molecule has 4 heteroatoms. The highest BCUT2D eigenvalue weighted by Crippen LogP contribution is 2.24. The van der Waals surface area contributed by atoms with E-state index in [1.807, 2.05) is 43.3 Å². The number of hydrogen-bond donors (Lipinski definition) is 0. The summed E-state index contributed by atoms with van der Waals surface area (Å²) in [5, 5.41) is 0. The van der Waals surface area contributed by atoms with Gasteiger partial charge in [-0.3, -0.25) is 4.79 Å². The molecule has 0 N–H and O–H groups in total. The van der Waals surface area contributed by atoms with Gasteiger partial charge in [0, 0.05) is 11.4 Å². The highest BCUT2D eigenvalue weighted by atomic mass is 79.9. The Kier molecular flexibility index (Phi) is 5.39. The van der Waals surface area contributed by atoms with Crippen molar-refractivity contribution < 1.29 is 14.3 Å². The molecule has 0 aliphatic carbocycles. The molecule has 1 atom stereocenters. The molecule has 110 valence electrons. The number of halogens is 1. The Morgan fingerprint density at radius 2 is 1.57 bits per heavy atom. The van der Waals surface area contributed by atoms with Crippen LogP contribution in [0.1, 0.15) is 13.8 Å². The monoisotopic (exact) mass is 348 g/mol. The lowest BCUT2D eigenvalue weighted by atomic mass is 10.1. The zero-order valence-corrected chi connectivity index (χ0v) is 13.6. The summed E-state index contributed by atoms with van der Waals surface area (Å²) in [6, 6.07) is 16.0. The molecule has 2 rings (SSSR count). The van der Waals surface area contributed by atoms with Gasteiger partial charge in [-0.15, -0.1) is 0 Å². The summed E-state index contributed by atoms with van der Waals surface area (Å²) in [6.07, 6.45) is -0.174. The molecule has 0 aliphatic heterocycles. The minimum Gasteiger partial charge on any atom is -0.487 e. The first-order chi connectivity index (χ1) is 10.0. The maximum absolute atomic E-state index is 10.7. The van der Waals surface area contributed by atoms with Crippen molar-refractivity contribution in [3.63, 3.8) is 0 Å². The van der Waals surface area contributed by atoms with Gasteiger partial charge in [-0.25, -0.2) is 0 Å².